The number of hydrogen-bond donors (Lipinski definition) is 1. The summed E-state index contributed by atoms with van der Waals surface area (Å²) in [6, 6.07) is 18.6. The summed E-state index contributed by atoms with van der Waals surface area (Å²) < 4.78 is 0. The van der Waals surface area contributed by atoms with Gasteiger partial charge in [0.15, 0.2) is 0 Å². The van der Waals surface area contributed by atoms with Crippen LogP contribution in [-0.4, -0.2) is 60.9 Å². The lowest BCUT2D eigenvalue weighted by Gasteiger charge is -2.31. The summed E-state index contributed by atoms with van der Waals surface area (Å²) in [4.78, 5) is 29.5. The Labute approximate surface area is 171 Å². The van der Waals surface area contributed by atoms with E-state index in [4.69, 9.17) is 5.26 Å². The Balaban J connectivity index is 1.78. The van der Waals surface area contributed by atoms with Gasteiger partial charge in [-0.3, -0.25) is 9.59 Å². The van der Waals surface area contributed by atoms with Crippen molar-refractivity contribution in [3.63, 3.8) is 0 Å². The highest BCUT2D eigenvalue weighted by Crippen LogP contribution is 2.18. The second kappa shape index (κ2) is 9.85. The zero-order valence-corrected chi connectivity index (χ0v) is 16.7. The molecule has 150 valence electrons. The molecule has 3 rings (SSSR count). The van der Waals surface area contributed by atoms with Crippen LogP contribution in [0.5, 0.6) is 0 Å². The molecule has 0 spiro atoms. The molecule has 1 fully saturated rings. The van der Waals surface area contributed by atoms with E-state index >= 15 is 0 Å². The van der Waals surface area contributed by atoms with Gasteiger partial charge in [0, 0.05) is 38.3 Å². The molecule has 1 heterocycles. The largest absolute Gasteiger partial charge is 0.339 e. The first kappa shape index (κ1) is 20.6. The number of carbonyl (C=O) groups excluding carboxylic acids is 2. The molecule has 2 amide bonds. The van der Waals surface area contributed by atoms with Gasteiger partial charge in [-0.15, -0.1) is 0 Å². The Kier molecular flexibility index (Phi) is 6.99. The van der Waals surface area contributed by atoms with Crippen LogP contribution < -0.4 is 5.32 Å². The molecule has 0 aliphatic carbocycles. The molecule has 2 aromatic carbocycles. The van der Waals surface area contributed by atoms with Gasteiger partial charge in [-0.2, -0.15) is 5.26 Å². The molecule has 1 atom stereocenters. The molecule has 1 aliphatic rings. The van der Waals surface area contributed by atoms with Crippen molar-refractivity contribution in [3.8, 4) is 6.07 Å². The van der Waals surface area contributed by atoms with Crippen molar-refractivity contribution < 1.29 is 9.59 Å². The number of rotatable bonds is 6. The third-order valence-electron chi connectivity index (χ3n) is 5.21. The quantitative estimate of drug-likeness (QED) is 0.821. The van der Waals surface area contributed by atoms with Crippen LogP contribution in [0.25, 0.3) is 0 Å². The summed E-state index contributed by atoms with van der Waals surface area (Å²) in [5, 5.41) is 12.2. The van der Waals surface area contributed by atoms with Crippen LogP contribution in [-0.2, 0) is 4.79 Å². The van der Waals surface area contributed by atoms with Crippen LogP contribution in [0.2, 0.25) is 0 Å². The standard InChI is InChI=1S/C23H26N4O2/c1-18(20-5-3-2-4-6-20)16-27(17-22(28)26-13-11-25-12-14-26)23(29)21-9-7-19(15-24)8-10-21/h2-10,18,25H,11-14,16-17H2,1H3/t18-/m0/s1. The fourth-order valence-corrected chi connectivity index (χ4v) is 3.48. The lowest BCUT2D eigenvalue weighted by molar-refractivity contribution is -0.132. The van der Waals surface area contributed by atoms with Gasteiger partial charge in [-0.25, -0.2) is 0 Å². The summed E-state index contributed by atoms with van der Waals surface area (Å²) in [6.45, 7) is 5.42. The van der Waals surface area contributed by atoms with E-state index in [1.807, 2.05) is 35.2 Å². The Hall–Kier alpha value is -3.17. The Morgan fingerprint density at radius 2 is 1.76 bits per heavy atom. The first-order valence-corrected chi connectivity index (χ1v) is 9.91. The molecule has 0 saturated carbocycles. The molecule has 1 saturated heterocycles. The van der Waals surface area contributed by atoms with Crippen molar-refractivity contribution in [1.82, 2.24) is 15.1 Å². The molecule has 0 radical (unpaired) electrons. The predicted molar refractivity (Wildman–Crippen MR) is 111 cm³/mol. The number of nitrogens with zero attached hydrogens (tertiary/aromatic N) is 3. The van der Waals surface area contributed by atoms with E-state index < -0.39 is 0 Å². The average Bonchev–Trinajstić information content (AvgIpc) is 2.79. The van der Waals surface area contributed by atoms with Gasteiger partial charge in [0.25, 0.3) is 5.91 Å². The number of amides is 2. The van der Waals surface area contributed by atoms with Crippen molar-refractivity contribution in [1.29, 1.82) is 5.26 Å². The highest BCUT2D eigenvalue weighted by Gasteiger charge is 2.25. The van der Waals surface area contributed by atoms with Gasteiger partial charge in [-0.1, -0.05) is 37.3 Å². The summed E-state index contributed by atoms with van der Waals surface area (Å²) in [6.07, 6.45) is 0. The van der Waals surface area contributed by atoms with E-state index in [9.17, 15) is 9.59 Å². The lowest BCUT2D eigenvalue weighted by Crippen LogP contribution is -2.50. The van der Waals surface area contributed by atoms with Crippen LogP contribution >= 0.6 is 0 Å². The van der Waals surface area contributed by atoms with Crippen molar-refractivity contribution in [2.24, 2.45) is 0 Å². The zero-order chi connectivity index (χ0) is 20.6. The number of nitrogens with one attached hydrogen (secondary N) is 1. The van der Waals surface area contributed by atoms with Crippen LogP contribution in [0.1, 0.15) is 34.3 Å². The van der Waals surface area contributed by atoms with Gasteiger partial charge in [0.2, 0.25) is 5.91 Å². The SMILES string of the molecule is C[C@@H](CN(CC(=O)N1CCNCC1)C(=O)c1ccc(C#N)cc1)c1ccccc1. The fourth-order valence-electron chi connectivity index (χ4n) is 3.48. The van der Waals surface area contributed by atoms with E-state index in [0.29, 0.717) is 30.8 Å². The van der Waals surface area contributed by atoms with E-state index in [2.05, 4.69) is 18.3 Å². The lowest BCUT2D eigenvalue weighted by atomic mass is 10.00. The Bertz CT molecular complexity index is 868. The summed E-state index contributed by atoms with van der Waals surface area (Å²) >= 11 is 0. The minimum Gasteiger partial charge on any atom is -0.339 e. The fraction of sp³-hybridized carbons (Fsp3) is 0.348. The van der Waals surface area contributed by atoms with E-state index in [1.165, 1.54) is 0 Å². The first-order chi connectivity index (χ1) is 14.1. The smallest absolute Gasteiger partial charge is 0.254 e. The summed E-state index contributed by atoms with van der Waals surface area (Å²) in [5.41, 5.74) is 2.11. The van der Waals surface area contributed by atoms with E-state index in [1.54, 1.807) is 29.2 Å². The predicted octanol–water partition coefficient (Wildman–Crippen LogP) is 2.24. The maximum Gasteiger partial charge on any atom is 0.254 e. The molecule has 1 aliphatic heterocycles. The van der Waals surface area contributed by atoms with Gasteiger partial charge in [0.1, 0.15) is 6.54 Å². The molecule has 0 aromatic heterocycles. The van der Waals surface area contributed by atoms with Gasteiger partial charge in [0.05, 0.1) is 11.6 Å². The minimum atomic E-state index is -0.194. The molecule has 6 nitrogen and oxygen atoms in total. The molecular weight excluding hydrogens is 364 g/mol. The number of carbonyl (C=O) groups is 2. The molecule has 0 bridgehead atoms. The van der Waals surface area contributed by atoms with Crippen LogP contribution in [0.3, 0.4) is 0 Å². The minimum absolute atomic E-state index is 0.0336. The van der Waals surface area contributed by atoms with Crippen molar-refractivity contribution in [2.75, 3.05) is 39.3 Å². The third-order valence-corrected chi connectivity index (χ3v) is 5.21. The molecular formula is C23H26N4O2. The zero-order valence-electron chi connectivity index (χ0n) is 16.7. The van der Waals surface area contributed by atoms with Crippen LogP contribution in [0.15, 0.2) is 54.6 Å². The second-order valence-electron chi connectivity index (χ2n) is 7.32. The van der Waals surface area contributed by atoms with E-state index in [-0.39, 0.29) is 24.3 Å². The van der Waals surface area contributed by atoms with Gasteiger partial charge < -0.3 is 15.1 Å². The van der Waals surface area contributed by atoms with Gasteiger partial charge in [-0.05, 0) is 35.7 Å². The van der Waals surface area contributed by atoms with Crippen molar-refractivity contribution >= 4 is 11.8 Å². The molecule has 1 N–H and O–H groups in total. The number of hydrogen-bond acceptors (Lipinski definition) is 4. The van der Waals surface area contributed by atoms with E-state index in [0.717, 1.165) is 18.7 Å². The molecule has 2 aromatic rings. The summed E-state index contributed by atoms with van der Waals surface area (Å²) in [5.74, 6) is -0.135. The topological polar surface area (TPSA) is 76.4 Å². The number of nitriles is 1. The highest BCUT2D eigenvalue weighted by molar-refractivity contribution is 5.96. The van der Waals surface area contributed by atoms with Crippen molar-refractivity contribution in [2.45, 2.75) is 12.8 Å². The maximum atomic E-state index is 13.2. The van der Waals surface area contributed by atoms with Gasteiger partial charge >= 0.3 is 0 Å². The monoisotopic (exact) mass is 390 g/mol. The Morgan fingerprint density at radius 3 is 2.38 bits per heavy atom. The number of benzene rings is 2. The molecule has 29 heavy (non-hydrogen) atoms. The third kappa shape index (κ3) is 5.43. The van der Waals surface area contributed by atoms with Crippen molar-refractivity contribution in [3.05, 3.63) is 71.3 Å². The maximum absolute atomic E-state index is 13.2. The second-order valence-corrected chi connectivity index (χ2v) is 7.32. The Morgan fingerprint density at radius 1 is 1.10 bits per heavy atom. The normalized spacial score (nSPS) is 14.7. The molecule has 6 heteroatoms. The number of piperazine rings is 1. The molecule has 0 unspecified atom stereocenters. The van der Waals surface area contributed by atoms with Crippen LogP contribution in [0, 0.1) is 11.3 Å². The summed E-state index contributed by atoms with van der Waals surface area (Å²) in [7, 11) is 0. The van der Waals surface area contributed by atoms with Crippen LogP contribution in [0.4, 0.5) is 0 Å². The average molecular weight is 390 g/mol. The highest BCUT2D eigenvalue weighted by atomic mass is 16.2. The first-order valence-electron chi connectivity index (χ1n) is 9.91.